The number of rotatable bonds is 1. The van der Waals surface area contributed by atoms with Gasteiger partial charge in [-0.1, -0.05) is 0 Å². The van der Waals surface area contributed by atoms with Crippen molar-refractivity contribution < 1.29 is 4.74 Å². The zero-order valence-corrected chi connectivity index (χ0v) is 9.90. The lowest BCUT2D eigenvalue weighted by Crippen LogP contribution is -2.51. The summed E-state index contributed by atoms with van der Waals surface area (Å²) in [6.07, 6.45) is 8.72. The Balaban J connectivity index is 1.60. The number of ether oxygens (including phenoxy) is 1. The molecule has 5 rings (SSSR count). The van der Waals surface area contributed by atoms with Gasteiger partial charge in [0.1, 0.15) is 0 Å². The summed E-state index contributed by atoms with van der Waals surface area (Å²) in [4.78, 5) is 0. The number of hydrogen-bond acceptors (Lipinski definition) is 2. The van der Waals surface area contributed by atoms with Crippen molar-refractivity contribution in [2.24, 2.45) is 29.4 Å². The molecule has 5 unspecified atom stereocenters. The maximum atomic E-state index is 6.22. The van der Waals surface area contributed by atoms with E-state index in [9.17, 15) is 0 Å². The summed E-state index contributed by atoms with van der Waals surface area (Å²) in [5, 5.41) is 0. The molecular formula is C14H22NO. The van der Waals surface area contributed by atoms with Crippen molar-refractivity contribution in [3.63, 3.8) is 0 Å². The first-order valence-corrected chi connectivity index (χ1v) is 7.03. The monoisotopic (exact) mass is 220 g/mol. The van der Waals surface area contributed by atoms with Gasteiger partial charge >= 0.3 is 0 Å². The van der Waals surface area contributed by atoms with Crippen molar-refractivity contribution in [2.45, 2.75) is 50.7 Å². The maximum Gasteiger partial charge on any atom is 0.0763 e. The van der Waals surface area contributed by atoms with E-state index in [2.05, 4.69) is 0 Å². The fraction of sp³-hybridized carbons (Fsp3) is 0.929. The molecular weight excluding hydrogens is 198 g/mol. The van der Waals surface area contributed by atoms with Crippen molar-refractivity contribution in [2.75, 3.05) is 6.61 Å². The zero-order valence-electron chi connectivity index (χ0n) is 9.90. The standard InChI is InChI=1S/C14H22NO/c15-12-1-2-16-14(12)13-10-4-8-3-9(6-10)7-11(13)5-8/h8-10,12-14H,1-7,15H2. The SMILES string of the molecule is NC1CCOC1C1[C]2CC3CC(C2)CC1C3. The van der Waals surface area contributed by atoms with Gasteiger partial charge in [-0.3, -0.25) is 0 Å². The second-order valence-corrected chi connectivity index (χ2v) is 6.58. The Hall–Kier alpha value is -0.0800. The van der Waals surface area contributed by atoms with Gasteiger partial charge in [-0.25, -0.2) is 0 Å². The molecule has 5 atom stereocenters. The number of nitrogens with two attached hydrogens (primary N) is 1. The molecule has 2 nitrogen and oxygen atoms in total. The third-order valence-corrected chi connectivity index (χ3v) is 5.56. The zero-order chi connectivity index (χ0) is 10.7. The molecule has 5 fully saturated rings. The Morgan fingerprint density at radius 1 is 1.06 bits per heavy atom. The molecule has 4 bridgehead atoms. The van der Waals surface area contributed by atoms with Gasteiger partial charge in [-0.15, -0.1) is 0 Å². The molecule has 1 saturated heterocycles. The van der Waals surface area contributed by atoms with Gasteiger partial charge in [-0.2, -0.15) is 0 Å². The Morgan fingerprint density at radius 2 is 1.81 bits per heavy atom. The van der Waals surface area contributed by atoms with Crippen LogP contribution in [0.2, 0.25) is 0 Å². The minimum absolute atomic E-state index is 0.315. The summed E-state index contributed by atoms with van der Waals surface area (Å²) in [7, 11) is 0. The van der Waals surface area contributed by atoms with E-state index < -0.39 is 0 Å². The van der Waals surface area contributed by atoms with Crippen LogP contribution in [-0.4, -0.2) is 18.8 Å². The summed E-state index contributed by atoms with van der Waals surface area (Å²) in [6.45, 7) is 0.898. The lowest BCUT2D eigenvalue weighted by molar-refractivity contribution is -0.0384. The normalized spacial score (nSPS) is 56.1. The predicted molar refractivity (Wildman–Crippen MR) is 62.6 cm³/mol. The molecule has 16 heavy (non-hydrogen) atoms. The van der Waals surface area contributed by atoms with Crippen LogP contribution in [0.5, 0.6) is 0 Å². The highest BCUT2D eigenvalue weighted by molar-refractivity contribution is 5.16. The van der Waals surface area contributed by atoms with Crippen molar-refractivity contribution in [1.29, 1.82) is 0 Å². The molecule has 4 aliphatic carbocycles. The highest BCUT2D eigenvalue weighted by Crippen LogP contribution is 2.59. The smallest absolute Gasteiger partial charge is 0.0763 e. The largest absolute Gasteiger partial charge is 0.376 e. The summed E-state index contributed by atoms with van der Waals surface area (Å²) in [6, 6.07) is 0.315. The van der Waals surface area contributed by atoms with Crippen LogP contribution in [0.3, 0.4) is 0 Å². The summed E-state index contributed by atoms with van der Waals surface area (Å²) in [5.74, 6) is 5.56. The van der Waals surface area contributed by atoms with Crippen LogP contribution in [-0.2, 0) is 4.74 Å². The fourth-order valence-electron chi connectivity index (χ4n) is 5.17. The molecule has 2 heteroatoms. The topological polar surface area (TPSA) is 35.2 Å². The van der Waals surface area contributed by atoms with Crippen molar-refractivity contribution in [1.82, 2.24) is 0 Å². The van der Waals surface area contributed by atoms with Crippen molar-refractivity contribution in [3.05, 3.63) is 5.92 Å². The maximum absolute atomic E-state index is 6.22. The molecule has 0 amide bonds. The van der Waals surface area contributed by atoms with E-state index in [1.54, 1.807) is 0 Å². The summed E-state index contributed by atoms with van der Waals surface area (Å²) < 4.78 is 5.95. The van der Waals surface area contributed by atoms with Crippen LogP contribution >= 0.6 is 0 Å². The average Bonchev–Trinajstić information content (AvgIpc) is 2.63. The molecule has 5 aliphatic rings. The van der Waals surface area contributed by atoms with Gasteiger partial charge in [0.2, 0.25) is 0 Å². The van der Waals surface area contributed by atoms with Gasteiger partial charge < -0.3 is 10.5 Å². The van der Waals surface area contributed by atoms with E-state index in [1.807, 2.05) is 5.92 Å². The molecule has 89 valence electrons. The Kier molecular flexibility index (Phi) is 2.14. The molecule has 0 aromatic heterocycles. The van der Waals surface area contributed by atoms with Crippen LogP contribution < -0.4 is 5.73 Å². The van der Waals surface area contributed by atoms with Gasteiger partial charge in [0, 0.05) is 12.6 Å². The first-order chi connectivity index (χ1) is 7.81. The average molecular weight is 220 g/mol. The minimum Gasteiger partial charge on any atom is -0.376 e. The second-order valence-electron chi connectivity index (χ2n) is 6.58. The third kappa shape index (κ3) is 1.32. The lowest BCUT2D eigenvalue weighted by Gasteiger charge is -2.55. The Labute approximate surface area is 97.9 Å². The Bertz CT molecular complexity index is 262. The first kappa shape index (κ1) is 9.90. The van der Waals surface area contributed by atoms with Gasteiger partial charge in [0.25, 0.3) is 0 Å². The quantitative estimate of drug-likeness (QED) is 0.734. The van der Waals surface area contributed by atoms with E-state index in [4.69, 9.17) is 10.5 Å². The lowest BCUT2D eigenvalue weighted by atomic mass is 9.50. The molecule has 2 N–H and O–H groups in total. The van der Waals surface area contributed by atoms with Crippen molar-refractivity contribution in [3.8, 4) is 0 Å². The van der Waals surface area contributed by atoms with E-state index in [0.717, 1.165) is 36.7 Å². The highest BCUT2D eigenvalue weighted by atomic mass is 16.5. The van der Waals surface area contributed by atoms with Crippen molar-refractivity contribution >= 4 is 0 Å². The number of hydrogen-bond donors (Lipinski definition) is 1. The molecule has 0 spiro atoms. The summed E-state index contributed by atoms with van der Waals surface area (Å²) >= 11 is 0. The molecule has 1 radical (unpaired) electrons. The highest BCUT2D eigenvalue weighted by Gasteiger charge is 2.52. The van der Waals surface area contributed by atoms with E-state index >= 15 is 0 Å². The molecule has 0 aromatic carbocycles. The van der Waals surface area contributed by atoms with Crippen LogP contribution in [0.1, 0.15) is 38.5 Å². The van der Waals surface area contributed by atoms with Crippen LogP contribution in [0.15, 0.2) is 0 Å². The fourth-order valence-corrected chi connectivity index (χ4v) is 5.17. The van der Waals surface area contributed by atoms with E-state index in [0.29, 0.717) is 12.1 Å². The second kappa shape index (κ2) is 3.46. The van der Waals surface area contributed by atoms with Crippen LogP contribution in [0.25, 0.3) is 0 Å². The molecule has 1 aliphatic heterocycles. The molecule has 0 aromatic rings. The minimum atomic E-state index is 0.315. The van der Waals surface area contributed by atoms with E-state index in [-0.39, 0.29) is 0 Å². The molecule has 4 saturated carbocycles. The van der Waals surface area contributed by atoms with Gasteiger partial charge in [0.15, 0.2) is 0 Å². The van der Waals surface area contributed by atoms with Gasteiger partial charge in [-0.05, 0) is 68.1 Å². The Morgan fingerprint density at radius 3 is 2.38 bits per heavy atom. The molecule has 1 heterocycles. The van der Waals surface area contributed by atoms with Crippen LogP contribution in [0.4, 0.5) is 0 Å². The van der Waals surface area contributed by atoms with Crippen LogP contribution in [0, 0.1) is 29.6 Å². The first-order valence-electron chi connectivity index (χ1n) is 7.03. The summed E-state index contributed by atoms with van der Waals surface area (Å²) in [5.41, 5.74) is 6.22. The predicted octanol–water partition coefficient (Wildman–Crippen LogP) is 2.13. The third-order valence-electron chi connectivity index (χ3n) is 5.56. The van der Waals surface area contributed by atoms with E-state index in [1.165, 1.54) is 32.1 Å². The van der Waals surface area contributed by atoms with Gasteiger partial charge in [0.05, 0.1) is 6.10 Å².